The molecule has 4 heteroatoms. The standard InChI is InChI=1S/C10H14.C8H15NO.C5H10O2/c1-3-9(2)10-7-5-4-6-8-10;1-3-7(2)9-6-4-5-8(9)10;1-3-4(2)5(6)7/h4-9H,3H2,1-2H3;7H,3-6H2,1-2H3;4H,3H2,1-2H3,(H,6,7)/p-1. The van der Waals surface area contributed by atoms with E-state index in [1.165, 1.54) is 12.0 Å². The molecule has 3 unspecified atom stereocenters. The molecular weight excluding hydrogens is 338 g/mol. The number of hydrogen-bond donors (Lipinski definition) is 0. The minimum absolute atomic E-state index is 0.292. The quantitative estimate of drug-likeness (QED) is 0.740. The van der Waals surface area contributed by atoms with Gasteiger partial charge in [0.15, 0.2) is 0 Å². The van der Waals surface area contributed by atoms with E-state index in [9.17, 15) is 14.7 Å². The minimum atomic E-state index is -0.956. The van der Waals surface area contributed by atoms with E-state index >= 15 is 0 Å². The number of carbonyl (C=O) groups excluding carboxylic acids is 2. The van der Waals surface area contributed by atoms with Crippen molar-refractivity contribution in [1.82, 2.24) is 4.90 Å². The average molecular weight is 377 g/mol. The van der Waals surface area contributed by atoms with Crippen LogP contribution in [0.4, 0.5) is 0 Å². The summed E-state index contributed by atoms with van der Waals surface area (Å²) in [5, 5.41) is 9.82. The van der Waals surface area contributed by atoms with Crippen LogP contribution in [0.2, 0.25) is 0 Å². The fourth-order valence-corrected chi connectivity index (χ4v) is 2.54. The van der Waals surface area contributed by atoms with Crippen molar-refractivity contribution in [2.75, 3.05) is 6.54 Å². The second-order valence-electron chi connectivity index (χ2n) is 7.30. The third kappa shape index (κ3) is 10.2. The maximum atomic E-state index is 11.1. The van der Waals surface area contributed by atoms with Crippen molar-refractivity contribution in [3.05, 3.63) is 35.9 Å². The number of benzene rings is 1. The van der Waals surface area contributed by atoms with E-state index in [1.807, 2.05) is 11.8 Å². The van der Waals surface area contributed by atoms with Gasteiger partial charge in [-0.1, -0.05) is 65.0 Å². The van der Waals surface area contributed by atoms with E-state index in [2.05, 4.69) is 58.0 Å². The number of aliphatic carboxylic acids is 1. The molecule has 0 N–H and O–H groups in total. The maximum absolute atomic E-state index is 11.1. The minimum Gasteiger partial charge on any atom is -0.550 e. The first-order valence-corrected chi connectivity index (χ1v) is 10.3. The van der Waals surface area contributed by atoms with E-state index < -0.39 is 5.97 Å². The fraction of sp³-hybridized carbons (Fsp3) is 0.652. The van der Waals surface area contributed by atoms with Crippen LogP contribution in [-0.4, -0.2) is 29.4 Å². The molecule has 0 aromatic heterocycles. The third-order valence-electron chi connectivity index (χ3n) is 5.23. The van der Waals surface area contributed by atoms with Gasteiger partial charge in [0.05, 0.1) is 0 Å². The molecule has 27 heavy (non-hydrogen) atoms. The smallest absolute Gasteiger partial charge is 0.222 e. The summed E-state index contributed by atoms with van der Waals surface area (Å²) in [5.41, 5.74) is 1.45. The first-order chi connectivity index (χ1) is 12.8. The molecule has 3 atom stereocenters. The van der Waals surface area contributed by atoms with Gasteiger partial charge in [0.25, 0.3) is 0 Å². The topological polar surface area (TPSA) is 60.4 Å². The summed E-state index contributed by atoms with van der Waals surface area (Å²) in [4.78, 5) is 22.9. The lowest BCUT2D eigenvalue weighted by molar-refractivity contribution is -0.311. The van der Waals surface area contributed by atoms with E-state index in [0.29, 0.717) is 24.3 Å². The lowest BCUT2D eigenvalue weighted by Gasteiger charge is -2.22. The van der Waals surface area contributed by atoms with Crippen LogP contribution in [0, 0.1) is 5.92 Å². The number of likely N-dealkylation sites (tertiary alicyclic amines) is 1. The highest BCUT2D eigenvalue weighted by Gasteiger charge is 2.23. The number of carbonyl (C=O) groups is 2. The Hall–Kier alpha value is -1.84. The molecule has 1 aromatic rings. The number of carboxylic acids is 1. The Morgan fingerprint density at radius 2 is 1.63 bits per heavy atom. The van der Waals surface area contributed by atoms with E-state index in [1.54, 1.807) is 6.92 Å². The molecule has 1 aliphatic heterocycles. The van der Waals surface area contributed by atoms with Crippen LogP contribution in [-0.2, 0) is 9.59 Å². The van der Waals surface area contributed by atoms with Gasteiger partial charge >= 0.3 is 0 Å². The molecule has 0 bridgehead atoms. The van der Waals surface area contributed by atoms with Gasteiger partial charge in [0, 0.05) is 25.0 Å². The molecule has 1 heterocycles. The first-order valence-electron chi connectivity index (χ1n) is 10.3. The van der Waals surface area contributed by atoms with Crippen molar-refractivity contribution in [3.63, 3.8) is 0 Å². The second-order valence-corrected chi connectivity index (χ2v) is 7.30. The third-order valence-corrected chi connectivity index (χ3v) is 5.23. The van der Waals surface area contributed by atoms with Gasteiger partial charge in [0.2, 0.25) is 5.91 Å². The highest BCUT2D eigenvalue weighted by atomic mass is 16.4. The van der Waals surface area contributed by atoms with Crippen molar-refractivity contribution >= 4 is 11.9 Å². The number of amides is 1. The van der Waals surface area contributed by atoms with Gasteiger partial charge in [-0.2, -0.15) is 0 Å². The number of rotatable bonds is 6. The lowest BCUT2D eigenvalue weighted by Crippen LogP contribution is -2.33. The SMILES string of the molecule is CCC(C)C(=O)[O-].CCC(C)N1CCCC1=O.CCC(C)c1ccccc1. The lowest BCUT2D eigenvalue weighted by atomic mass is 9.99. The monoisotopic (exact) mass is 376 g/mol. The molecule has 1 amide bonds. The highest BCUT2D eigenvalue weighted by Crippen LogP contribution is 2.17. The van der Waals surface area contributed by atoms with Crippen LogP contribution in [0.3, 0.4) is 0 Å². The molecule has 0 saturated carbocycles. The van der Waals surface area contributed by atoms with Crippen molar-refractivity contribution in [2.24, 2.45) is 5.92 Å². The summed E-state index contributed by atoms with van der Waals surface area (Å²) >= 11 is 0. The zero-order valence-electron chi connectivity index (χ0n) is 18.0. The van der Waals surface area contributed by atoms with Gasteiger partial charge in [-0.3, -0.25) is 4.79 Å². The summed E-state index contributed by atoms with van der Waals surface area (Å²) in [7, 11) is 0. The maximum Gasteiger partial charge on any atom is 0.222 e. The number of nitrogens with zero attached hydrogens (tertiary/aromatic N) is 1. The second kappa shape index (κ2) is 14.2. The van der Waals surface area contributed by atoms with Gasteiger partial charge in [-0.05, 0) is 50.0 Å². The fourth-order valence-electron chi connectivity index (χ4n) is 2.54. The normalized spacial score (nSPS) is 16.4. The Labute approximate surface area is 166 Å². The van der Waals surface area contributed by atoms with E-state index in [4.69, 9.17) is 0 Å². The molecule has 0 radical (unpaired) electrons. The largest absolute Gasteiger partial charge is 0.550 e. The summed E-state index contributed by atoms with van der Waals surface area (Å²) in [6, 6.07) is 11.1. The van der Waals surface area contributed by atoms with E-state index in [0.717, 1.165) is 25.8 Å². The van der Waals surface area contributed by atoms with Crippen molar-refractivity contribution < 1.29 is 14.7 Å². The first kappa shape index (κ1) is 25.2. The molecule has 1 fully saturated rings. The Kier molecular flexibility index (Phi) is 13.3. The van der Waals surface area contributed by atoms with Crippen molar-refractivity contribution in [1.29, 1.82) is 0 Å². The van der Waals surface area contributed by atoms with Crippen LogP contribution < -0.4 is 5.11 Å². The van der Waals surface area contributed by atoms with Crippen LogP contribution in [0.5, 0.6) is 0 Å². The average Bonchev–Trinajstić information content (AvgIpc) is 3.13. The Morgan fingerprint density at radius 1 is 1.04 bits per heavy atom. The summed E-state index contributed by atoms with van der Waals surface area (Å²) in [5.74, 6) is -0.196. The predicted octanol–water partition coefficient (Wildman–Crippen LogP) is 4.39. The van der Waals surface area contributed by atoms with Gasteiger partial charge in [-0.15, -0.1) is 0 Å². The van der Waals surface area contributed by atoms with Gasteiger partial charge < -0.3 is 14.8 Å². The van der Waals surface area contributed by atoms with Crippen LogP contribution in [0.15, 0.2) is 30.3 Å². The summed E-state index contributed by atoms with van der Waals surface area (Å²) < 4.78 is 0. The zero-order chi connectivity index (χ0) is 20.8. The van der Waals surface area contributed by atoms with Crippen molar-refractivity contribution in [2.45, 2.75) is 85.6 Å². The summed E-state index contributed by atoms with van der Waals surface area (Å²) in [6.45, 7) is 13.1. The molecule has 0 spiro atoms. The Bertz CT molecular complexity index is 530. The molecular formula is C23H38NO3-. The highest BCUT2D eigenvalue weighted by molar-refractivity contribution is 5.78. The number of carboxylic acid groups (broad SMARTS) is 1. The van der Waals surface area contributed by atoms with Crippen LogP contribution >= 0.6 is 0 Å². The molecule has 0 aliphatic carbocycles. The molecule has 1 saturated heterocycles. The van der Waals surface area contributed by atoms with Crippen molar-refractivity contribution in [3.8, 4) is 0 Å². The molecule has 154 valence electrons. The predicted molar refractivity (Wildman–Crippen MR) is 110 cm³/mol. The van der Waals surface area contributed by atoms with Gasteiger partial charge in [0.1, 0.15) is 0 Å². The van der Waals surface area contributed by atoms with Crippen LogP contribution in [0.1, 0.15) is 85.1 Å². The Balaban J connectivity index is 0.000000384. The summed E-state index contributed by atoms with van der Waals surface area (Å²) in [6.07, 6.45) is 4.78. The molecule has 1 aliphatic rings. The molecule has 2 rings (SSSR count). The Morgan fingerprint density at radius 3 is 1.96 bits per heavy atom. The molecule has 4 nitrogen and oxygen atoms in total. The zero-order valence-corrected chi connectivity index (χ0v) is 18.0. The molecule has 1 aromatic carbocycles. The van der Waals surface area contributed by atoms with Gasteiger partial charge in [-0.25, -0.2) is 0 Å². The van der Waals surface area contributed by atoms with Crippen LogP contribution in [0.25, 0.3) is 0 Å². The number of hydrogen-bond acceptors (Lipinski definition) is 3. The van der Waals surface area contributed by atoms with E-state index in [-0.39, 0.29) is 5.92 Å².